The first-order chi connectivity index (χ1) is 8.29. The Kier molecular flexibility index (Phi) is 5.42. The lowest BCUT2D eigenvalue weighted by Crippen LogP contribution is -2.56. The fourth-order valence-electron chi connectivity index (χ4n) is 1.92. The smallest absolute Gasteiger partial charge is 0.318 e. The summed E-state index contributed by atoms with van der Waals surface area (Å²) in [6, 6.07) is -0.645. The van der Waals surface area contributed by atoms with Gasteiger partial charge < -0.3 is 15.7 Å². The average Bonchev–Trinajstić information content (AvgIpc) is 2.28. The van der Waals surface area contributed by atoms with Crippen molar-refractivity contribution in [2.45, 2.75) is 47.7 Å². The van der Waals surface area contributed by atoms with Gasteiger partial charge in [0.15, 0.2) is 6.23 Å². The molecule has 2 amide bonds. The molecule has 0 radical (unpaired) electrons. The summed E-state index contributed by atoms with van der Waals surface area (Å²) in [5.74, 6) is 2.61. The van der Waals surface area contributed by atoms with Crippen molar-refractivity contribution in [3.8, 4) is 12.3 Å². The highest BCUT2D eigenvalue weighted by Gasteiger charge is 2.35. The van der Waals surface area contributed by atoms with Gasteiger partial charge in [0.1, 0.15) is 5.54 Å². The van der Waals surface area contributed by atoms with Crippen LogP contribution < -0.4 is 10.6 Å². The molecule has 0 saturated heterocycles. The summed E-state index contributed by atoms with van der Waals surface area (Å²) in [5, 5.41) is 14.2. The lowest BCUT2D eigenvalue weighted by Gasteiger charge is -2.34. The van der Waals surface area contributed by atoms with Crippen molar-refractivity contribution in [3.63, 3.8) is 0 Å². The Hall–Kier alpha value is -0.340. The Balaban J connectivity index is 2.56. The molecule has 0 heterocycles. The lowest BCUT2D eigenvalue weighted by atomic mass is 9.82. The summed E-state index contributed by atoms with van der Waals surface area (Å²) in [7, 11) is 0. The number of rotatable bonds is 2. The minimum Gasteiger partial charge on any atom is -0.369 e. The predicted molar refractivity (Wildman–Crippen MR) is 72.6 cm³/mol. The number of urea groups is 1. The summed E-state index contributed by atoms with van der Waals surface area (Å²) in [6.07, 6.45) is 8.30. The van der Waals surface area contributed by atoms with E-state index in [1.54, 1.807) is 0 Å². The van der Waals surface area contributed by atoms with E-state index in [1.807, 2.05) is 0 Å². The Morgan fingerprint density at radius 1 is 1.33 bits per heavy atom. The highest BCUT2D eigenvalue weighted by molar-refractivity contribution is 6.68. The van der Waals surface area contributed by atoms with Crippen LogP contribution in [-0.4, -0.2) is 26.7 Å². The van der Waals surface area contributed by atoms with Gasteiger partial charge in [0.2, 0.25) is 3.79 Å². The number of terminal acetylenes is 1. The van der Waals surface area contributed by atoms with E-state index in [9.17, 15) is 9.90 Å². The van der Waals surface area contributed by atoms with Crippen LogP contribution in [0.1, 0.15) is 32.1 Å². The molecule has 1 aliphatic carbocycles. The maximum absolute atomic E-state index is 11.7. The van der Waals surface area contributed by atoms with Crippen molar-refractivity contribution >= 4 is 40.8 Å². The first kappa shape index (κ1) is 15.7. The van der Waals surface area contributed by atoms with Crippen LogP contribution in [0, 0.1) is 12.3 Å². The van der Waals surface area contributed by atoms with Gasteiger partial charge in [0.05, 0.1) is 0 Å². The molecule has 1 rings (SSSR count). The average molecular weight is 314 g/mol. The normalized spacial score (nSPS) is 20.6. The second-order valence-electron chi connectivity index (χ2n) is 4.33. The molecule has 0 spiro atoms. The van der Waals surface area contributed by atoms with Crippen LogP contribution in [0.25, 0.3) is 0 Å². The molecule has 4 nitrogen and oxygen atoms in total. The topological polar surface area (TPSA) is 61.4 Å². The number of aliphatic hydroxyl groups excluding tert-OH is 1. The molecule has 18 heavy (non-hydrogen) atoms. The Morgan fingerprint density at radius 2 is 1.89 bits per heavy atom. The zero-order valence-electron chi connectivity index (χ0n) is 9.68. The molecule has 7 heteroatoms. The molecule has 1 aliphatic rings. The molecule has 3 N–H and O–H groups in total. The van der Waals surface area contributed by atoms with E-state index in [0.29, 0.717) is 12.8 Å². The second-order valence-corrected chi connectivity index (χ2v) is 6.70. The van der Waals surface area contributed by atoms with Crippen LogP contribution in [0.5, 0.6) is 0 Å². The molecular weight excluding hydrogens is 298 g/mol. The van der Waals surface area contributed by atoms with Gasteiger partial charge in [-0.05, 0) is 12.8 Å². The third-order valence-corrected chi connectivity index (χ3v) is 3.53. The van der Waals surface area contributed by atoms with Gasteiger partial charge >= 0.3 is 6.03 Å². The summed E-state index contributed by atoms with van der Waals surface area (Å²) in [5.41, 5.74) is -0.671. The number of hydrogen-bond acceptors (Lipinski definition) is 2. The standard InChI is InChI=1S/C11H15Cl3N2O2/c1-2-10(6-4-3-5-7-10)16-9(18)15-8(17)11(12,13)14/h1,8,17H,3-7H2,(H2,15,16,18)/t8-/m0/s1. The number of nitrogens with one attached hydrogen (secondary N) is 2. The fourth-order valence-corrected chi connectivity index (χ4v) is 2.08. The summed E-state index contributed by atoms with van der Waals surface area (Å²) < 4.78 is -1.98. The molecule has 0 aromatic carbocycles. The third kappa shape index (κ3) is 4.40. The van der Waals surface area contributed by atoms with Gasteiger partial charge in [0.25, 0.3) is 0 Å². The van der Waals surface area contributed by atoms with Crippen LogP contribution in [-0.2, 0) is 0 Å². The summed E-state index contributed by atoms with van der Waals surface area (Å²) in [4.78, 5) is 11.7. The first-order valence-electron chi connectivity index (χ1n) is 5.60. The molecule has 1 saturated carbocycles. The molecule has 0 aromatic heterocycles. The summed E-state index contributed by atoms with van der Waals surface area (Å²) in [6.45, 7) is 0. The monoisotopic (exact) mass is 312 g/mol. The zero-order chi connectivity index (χ0) is 13.8. The molecule has 1 atom stereocenters. The van der Waals surface area contributed by atoms with Gasteiger partial charge in [-0.1, -0.05) is 60.0 Å². The first-order valence-corrected chi connectivity index (χ1v) is 6.74. The maximum Gasteiger partial charge on any atom is 0.318 e. The largest absolute Gasteiger partial charge is 0.369 e. The molecule has 0 unspecified atom stereocenters. The number of halogens is 3. The van der Waals surface area contributed by atoms with Crippen molar-refractivity contribution in [2.24, 2.45) is 0 Å². The van der Waals surface area contributed by atoms with E-state index in [2.05, 4.69) is 16.6 Å². The highest BCUT2D eigenvalue weighted by atomic mass is 35.6. The SMILES string of the molecule is C#CC1(NC(=O)N[C@@H](O)C(Cl)(Cl)Cl)CCCCC1. The van der Waals surface area contributed by atoms with E-state index >= 15 is 0 Å². The molecule has 0 aromatic rings. The Bertz CT molecular complexity index is 343. The van der Waals surface area contributed by atoms with Crippen LogP contribution in [0.2, 0.25) is 0 Å². The number of carbonyl (C=O) groups is 1. The van der Waals surface area contributed by atoms with Crippen molar-refractivity contribution in [1.82, 2.24) is 10.6 Å². The van der Waals surface area contributed by atoms with E-state index in [0.717, 1.165) is 19.3 Å². The van der Waals surface area contributed by atoms with Gasteiger partial charge in [-0.25, -0.2) is 4.79 Å². The van der Waals surface area contributed by atoms with E-state index in [-0.39, 0.29) is 0 Å². The Morgan fingerprint density at radius 3 is 2.33 bits per heavy atom. The van der Waals surface area contributed by atoms with Crippen LogP contribution in [0.4, 0.5) is 4.79 Å². The number of amides is 2. The van der Waals surface area contributed by atoms with E-state index < -0.39 is 21.6 Å². The molecule has 1 fully saturated rings. The molecule has 0 aliphatic heterocycles. The van der Waals surface area contributed by atoms with Gasteiger partial charge in [-0.15, -0.1) is 6.42 Å². The van der Waals surface area contributed by atoms with Gasteiger partial charge in [-0.3, -0.25) is 0 Å². The van der Waals surface area contributed by atoms with Gasteiger partial charge in [0, 0.05) is 0 Å². The maximum atomic E-state index is 11.7. The van der Waals surface area contributed by atoms with Crippen molar-refractivity contribution < 1.29 is 9.90 Å². The number of carbonyl (C=O) groups excluding carboxylic acids is 1. The lowest BCUT2D eigenvalue weighted by molar-refractivity contribution is 0.140. The van der Waals surface area contributed by atoms with Crippen LogP contribution >= 0.6 is 34.8 Å². The fraction of sp³-hybridized carbons (Fsp3) is 0.727. The molecule has 0 bridgehead atoms. The van der Waals surface area contributed by atoms with Crippen LogP contribution in [0.15, 0.2) is 0 Å². The zero-order valence-corrected chi connectivity index (χ0v) is 11.9. The van der Waals surface area contributed by atoms with Crippen molar-refractivity contribution in [1.29, 1.82) is 0 Å². The summed E-state index contributed by atoms with van der Waals surface area (Å²) >= 11 is 16.3. The quantitative estimate of drug-likeness (QED) is 0.416. The third-order valence-electron chi connectivity index (χ3n) is 2.91. The van der Waals surface area contributed by atoms with E-state index in [1.165, 1.54) is 0 Å². The Labute approximate surface area is 121 Å². The van der Waals surface area contributed by atoms with Gasteiger partial charge in [-0.2, -0.15) is 0 Å². The number of aliphatic hydroxyl groups is 1. The number of hydrogen-bond donors (Lipinski definition) is 3. The molecule has 102 valence electrons. The second kappa shape index (κ2) is 6.21. The van der Waals surface area contributed by atoms with Crippen molar-refractivity contribution in [2.75, 3.05) is 0 Å². The minimum atomic E-state index is -1.98. The highest BCUT2D eigenvalue weighted by Crippen LogP contribution is 2.29. The van der Waals surface area contributed by atoms with E-state index in [4.69, 9.17) is 41.2 Å². The van der Waals surface area contributed by atoms with Crippen LogP contribution in [0.3, 0.4) is 0 Å². The predicted octanol–water partition coefficient (Wildman–Crippen LogP) is 2.31. The minimum absolute atomic E-state index is 0.645. The molecular formula is C11H15Cl3N2O2. The van der Waals surface area contributed by atoms with Crippen molar-refractivity contribution in [3.05, 3.63) is 0 Å². The number of alkyl halides is 3.